The number of aromatic nitrogens is 1. The Morgan fingerprint density at radius 1 is 1.35 bits per heavy atom. The van der Waals surface area contributed by atoms with Gasteiger partial charge in [0.05, 0.1) is 19.2 Å². The highest BCUT2D eigenvalue weighted by atomic mass is 16.6. The number of epoxide rings is 1. The second kappa shape index (κ2) is 10.5. The van der Waals surface area contributed by atoms with Crippen LogP contribution in [-0.2, 0) is 28.7 Å². The van der Waals surface area contributed by atoms with Crippen LogP contribution in [0.25, 0.3) is 0 Å². The lowest BCUT2D eigenvalue weighted by molar-refractivity contribution is -0.132. The van der Waals surface area contributed by atoms with Gasteiger partial charge in [-0.3, -0.25) is 14.4 Å². The fourth-order valence-corrected chi connectivity index (χ4v) is 3.01. The minimum atomic E-state index is -1.15. The maximum absolute atomic E-state index is 12.6. The molecule has 1 aliphatic rings. The molecule has 172 valence electrons. The van der Waals surface area contributed by atoms with E-state index in [0.717, 1.165) is 0 Å². The van der Waals surface area contributed by atoms with Gasteiger partial charge in [0.2, 0.25) is 11.8 Å². The van der Waals surface area contributed by atoms with E-state index in [4.69, 9.17) is 14.0 Å². The first kappa shape index (κ1) is 24.5. The molecule has 11 heteroatoms. The molecule has 0 aliphatic carbocycles. The van der Waals surface area contributed by atoms with Crippen LogP contribution >= 0.6 is 0 Å². The fraction of sp³-hybridized carbons (Fsp3) is 0.650. The summed E-state index contributed by atoms with van der Waals surface area (Å²) in [5.41, 5.74) is -0.865. The Bertz CT molecular complexity index is 803. The average molecular weight is 438 g/mol. The molecule has 0 bridgehead atoms. The van der Waals surface area contributed by atoms with Gasteiger partial charge < -0.3 is 34.7 Å². The van der Waals surface area contributed by atoms with Gasteiger partial charge >= 0.3 is 0 Å². The van der Waals surface area contributed by atoms with Gasteiger partial charge in [0, 0.05) is 13.2 Å². The molecule has 1 fully saturated rings. The van der Waals surface area contributed by atoms with Crippen molar-refractivity contribution in [3.05, 3.63) is 11.8 Å². The smallest absolute Gasteiger partial charge is 0.246 e. The Morgan fingerprint density at radius 2 is 2.03 bits per heavy atom. The summed E-state index contributed by atoms with van der Waals surface area (Å²) in [6.07, 6.45) is -0.204. The Labute approximate surface area is 180 Å². The molecule has 2 rings (SSSR count). The summed E-state index contributed by atoms with van der Waals surface area (Å²) in [5, 5.41) is 11.6. The highest BCUT2D eigenvalue weighted by Crippen LogP contribution is 2.29. The number of aldehydes is 1. The highest BCUT2D eigenvalue weighted by Gasteiger charge is 2.50. The summed E-state index contributed by atoms with van der Waals surface area (Å²) in [7, 11) is 1.28. The van der Waals surface area contributed by atoms with E-state index < -0.39 is 35.6 Å². The molecule has 0 aromatic carbocycles. The number of methoxy groups -OCH3 is 1. The number of hydrogen-bond acceptors (Lipinski definition) is 9. The second-order valence-electron chi connectivity index (χ2n) is 8.13. The van der Waals surface area contributed by atoms with Crippen LogP contribution in [-0.4, -0.2) is 73.1 Å². The van der Waals surface area contributed by atoms with Crippen molar-refractivity contribution in [2.24, 2.45) is 5.92 Å². The zero-order valence-corrected chi connectivity index (χ0v) is 18.4. The zero-order valence-electron chi connectivity index (χ0n) is 18.4. The van der Waals surface area contributed by atoms with E-state index in [2.05, 4.69) is 21.1 Å². The third kappa shape index (κ3) is 6.86. The molecule has 0 radical (unpaired) electrons. The minimum Gasteiger partial charge on any atom is -0.371 e. The number of ketones is 1. The van der Waals surface area contributed by atoms with E-state index in [0.29, 0.717) is 25.1 Å². The number of hydrogen-bond donors (Lipinski definition) is 3. The van der Waals surface area contributed by atoms with Crippen LogP contribution in [0.5, 0.6) is 0 Å². The molecule has 2 amide bonds. The van der Waals surface area contributed by atoms with Crippen molar-refractivity contribution in [3.63, 3.8) is 0 Å². The average Bonchev–Trinajstić information content (AvgIpc) is 3.34. The SMILES string of the molecule is COC(C=O)[C@H](Nc1cc(C)on1)C(=O)NCC(=O)N[C@@H](CC(C)C)C(=O)C1(C)CO1. The van der Waals surface area contributed by atoms with Crippen LogP contribution in [0.15, 0.2) is 10.6 Å². The molecule has 1 aromatic heterocycles. The number of aryl methyl sites for hydroxylation is 1. The topological polar surface area (TPSA) is 152 Å². The Hall–Kier alpha value is -2.79. The number of nitrogens with one attached hydrogen (secondary N) is 3. The molecule has 4 atom stereocenters. The number of rotatable bonds is 13. The normalized spacial score (nSPS) is 20.5. The van der Waals surface area contributed by atoms with Crippen LogP contribution < -0.4 is 16.0 Å². The maximum atomic E-state index is 12.6. The van der Waals surface area contributed by atoms with Crippen molar-refractivity contribution in [1.29, 1.82) is 0 Å². The van der Waals surface area contributed by atoms with E-state index in [1.807, 2.05) is 13.8 Å². The molecule has 1 aliphatic heterocycles. The lowest BCUT2D eigenvalue weighted by atomic mass is 9.93. The number of anilines is 1. The Morgan fingerprint density at radius 3 is 2.52 bits per heavy atom. The van der Waals surface area contributed by atoms with Crippen molar-refractivity contribution in [2.45, 2.75) is 57.9 Å². The third-order valence-corrected chi connectivity index (χ3v) is 4.83. The Balaban J connectivity index is 1.98. The zero-order chi connectivity index (χ0) is 23.2. The molecular formula is C20H30N4O7. The lowest BCUT2D eigenvalue weighted by Crippen LogP contribution is -2.53. The maximum Gasteiger partial charge on any atom is 0.246 e. The van der Waals surface area contributed by atoms with Crippen LogP contribution in [0.1, 0.15) is 33.0 Å². The van der Waals surface area contributed by atoms with Gasteiger partial charge in [0.15, 0.2) is 17.9 Å². The van der Waals surface area contributed by atoms with Crippen molar-refractivity contribution < 1.29 is 33.2 Å². The molecule has 31 heavy (non-hydrogen) atoms. The van der Waals surface area contributed by atoms with Gasteiger partial charge in [-0.2, -0.15) is 0 Å². The molecule has 0 saturated carbocycles. The summed E-state index contributed by atoms with van der Waals surface area (Å²) in [6.45, 7) is 7.18. The third-order valence-electron chi connectivity index (χ3n) is 4.83. The van der Waals surface area contributed by atoms with Crippen LogP contribution in [0.3, 0.4) is 0 Å². The molecule has 2 heterocycles. The quantitative estimate of drug-likeness (QED) is 0.285. The summed E-state index contributed by atoms with van der Waals surface area (Å²) in [5.74, 6) is -0.462. The van der Waals surface area contributed by atoms with Crippen molar-refractivity contribution >= 4 is 29.7 Å². The van der Waals surface area contributed by atoms with Gasteiger partial charge in [-0.05, 0) is 26.2 Å². The van der Waals surface area contributed by atoms with E-state index in [9.17, 15) is 19.2 Å². The second-order valence-corrected chi connectivity index (χ2v) is 8.13. The molecule has 3 N–H and O–H groups in total. The number of carbonyl (C=O) groups is 4. The van der Waals surface area contributed by atoms with Crippen molar-refractivity contribution in [1.82, 2.24) is 15.8 Å². The monoisotopic (exact) mass is 438 g/mol. The minimum absolute atomic E-state index is 0.167. The first-order valence-corrected chi connectivity index (χ1v) is 10.0. The van der Waals surface area contributed by atoms with Crippen molar-refractivity contribution in [2.75, 3.05) is 25.6 Å². The number of nitrogens with zero attached hydrogens (tertiary/aromatic N) is 1. The van der Waals surface area contributed by atoms with Gasteiger partial charge in [0.25, 0.3) is 0 Å². The predicted octanol–water partition coefficient (Wildman–Crippen LogP) is -0.0175. The lowest BCUT2D eigenvalue weighted by Gasteiger charge is -2.23. The van der Waals surface area contributed by atoms with E-state index in [1.54, 1.807) is 19.9 Å². The molecule has 0 spiro atoms. The Kier molecular flexibility index (Phi) is 8.28. The predicted molar refractivity (Wildman–Crippen MR) is 109 cm³/mol. The van der Waals surface area contributed by atoms with Gasteiger partial charge in [0.1, 0.15) is 23.5 Å². The van der Waals surface area contributed by atoms with Gasteiger partial charge in [-0.15, -0.1) is 0 Å². The first-order chi connectivity index (χ1) is 14.6. The number of Topliss-reactive ketones (excluding diaryl/α,β-unsaturated/α-hetero) is 1. The van der Waals surface area contributed by atoms with Crippen LogP contribution in [0.4, 0.5) is 5.82 Å². The molecule has 11 nitrogen and oxygen atoms in total. The van der Waals surface area contributed by atoms with E-state index in [1.165, 1.54) is 7.11 Å². The van der Waals surface area contributed by atoms with Crippen LogP contribution in [0.2, 0.25) is 0 Å². The van der Waals surface area contributed by atoms with E-state index in [-0.39, 0.29) is 24.1 Å². The summed E-state index contributed by atoms with van der Waals surface area (Å²) < 4.78 is 15.2. The summed E-state index contributed by atoms with van der Waals surface area (Å²) in [4.78, 5) is 49.0. The first-order valence-electron chi connectivity index (χ1n) is 10.0. The summed E-state index contributed by atoms with van der Waals surface area (Å²) >= 11 is 0. The molecule has 2 unspecified atom stereocenters. The molecule has 1 aromatic rings. The number of carbonyl (C=O) groups excluding carboxylic acids is 4. The summed E-state index contributed by atoms with van der Waals surface area (Å²) in [6, 6.07) is -0.315. The van der Waals surface area contributed by atoms with E-state index >= 15 is 0 Å². The fourth-order valence-electron chi connectivity index (χ4n) is 3.01. The van der Waals surface area contributed by atoms with Crippen LogP contribution in [0, 0.1) is 12.8 Å². The highest BCUT2D eigenvalue weighted by molar-refractivity contribution is 5.97. The molecule has 1 saturated heterocycles. The van der Waals surface area contributed by atoms with Crippen molar-refractivity contribution in [3.8, 4) is 0 Å². The van der Waals surface area contributed by atoms with Gasteiger partial charge in [-0.25, -0.2) is 0 Å². The largest absolute Gasteiger partial charge is 0.371 e. The van der Waals surface area contributed by atoms with Gasteiger partial charge in [-0.1, -0.05) is 19.0 Å². The standard InChI is InChI=1S/C20H30N4O7/c1-11(2)6-13(18(27)20(4)10-30-20)22-16(26)8-21-19(28)17(14(9-25)29-5)23-15-7-12(3)31-24-15/h7,9,11,13-14,17H,6,8,10H2,1-5H3,(H,21,28)(H,22,26)(H,23,24)/t13-,14?,17-,20?/m0/s1. The number of ether oxygens (including phenoxy) is 2. The number of amides is 2. The molecular weight excluding hydrogens is 408 g/mol.